The molecule has 0 fully saturated rings. The van der Waals surface area contributed by atoms with Crippen LogP contribution in [-0.4, -0.2) is 55.1 Å². The van der Waals surface area contributed by atoms with Crippen molar-refractivity contribution >= 4 is 33.4 Å². The van der Waals surface area contributed by atoms with Crippen molar-refractivity contribution in [3.05, 3.63) is 64.7 Å². The molecular weight excluding hydrogens is 462 g/mol. The summed E-state index contributed by atoms with van der Waals surface area (Å²) in [7, 11) is -2.52. The molecule has 0 unspecified atom stereocenters. The SMILES string of the molecule is CC[C@@H](C(=O)NC(C)C)N(Cc1ccccc1Cl)C(=O)CN(C)S(=O)(=O)c1ccc(C)cc1. The van der Waals surface area contributed by atoms with Crippen LogP contribution in [0.15, 0.2) is 53.4 Å². The first-order valence-corrected chi connectivity index (χ1v) is 12.6. The largest absolute Gasteiger partial charge is 0.352 e. The molecule has 2 rings (SSSR count). The van der Waals surface area contributed by atoms with E-state index in [2.05, 4.69) is 5.32 Å². The molecule has 0 heterocycles. The fourth-order valence-electron chi connectivity index (χ4n) is 3.37. The summed E-state index contributed by atoms with van der Waals surface area (Å²) in [6.07, 6.45) is 0.364. The maximum Gasteiger partial charge on any atom is 0.243 e. The normalized spacial score (nSPS) is 12.6. The number of carbonyl (C=O) groups excluding carboxylic acids is 2. The van der Waals surface area contributed by atoms with Crippen molar-refractivity contribution in [3.8, 4) is 0 Å². The minimum absolute atomic E-state index is 0.0843. The molecule has 7 nitrogen and oxygen atoms in total. The summed E-state index contributed by atoms with van der Waals surface area (Å²) in [6, 6.07) is 12.6. The Kier molecular flexibility index (Phi) is 9.46. The van der Waals surface area contributed by atoms with Crippen LogP contribution in [-0.2, 0) is 26.2 Å². The summed E-state index contributed by atoms with van der Waals surface area (Å²) in [4.78, 5) is 27.8. The van der Waals surface area contributed by atoms with E-state index in [0.717, 1.165) is 9.87 Å². The van der Waals surface area contributed by atoms with Crippen LogP contribution in [0.1, 0.15) is 38.3 Å². The van der Waals surface area contributed by atoms with Gasteiger partial charge in [-0.15, -0.1) is 0 Å². The van der Waals surface area contributed by atoms with Gasteiger partial charge >= 0.3 is 0 Å². The van der Waals surface area contributed by atoms with Gasteiger partial charge in [-0.25, -0.2) is 8.42 Å². The molecule has 0 aliphatic carbocycles. The molecule has 2 amide bonds. The summed E-state index contributed by atoms with van der Waals surface area (Å²) < 4.78 is 27.0. The van der Waals surface area contributed by atoms with Crippen molar-refractivity contribution < 1.29 is 18.0 Å². The minimum Gasteiger partial charge on any atom is -0.352 e. The van der Waals surface area contributed by atoms with Crippen LogP contribution in [0.25, 0.3) is 0 Å². The number of hydrogen-bond donors (Lipinski definition) is 1. The number of nitrogens with one attached hydrogen (secondary N) is 1. The standard InChI is InChI=1S/C24H32ClN3O4S/c1-6-22(24(30)26-17(2)3)28(15-19-9-7-8-10-21(19)25)23(29)16-27(5)33(31,32)20-13-11-18(4)12-14-20/h7-14,17,22H,6,15-16H2,1-5H3,(H,26,30)/t22-/m0/s1. The number of likely N-dealkylation sites (N-methyl/N-ethyl adjacent to an activating group) is 1. The molecule has 1 N–H and O–H groups in total. The first-order chi connectivity index (χ1) is 15.5. The third-order valence-electron chi connectivity index (χ3n) is 5.20. The Morgan fingerprint density at radius 1 is 1.06 bits per heavy atom. The second-order valence-electron chi connectivity index (χ2n) is 8.27. The van der Waals surface area contributed by atoms with E-state index in [0.29, 0.717) is 17.0 Å². The molecule has 0 saturated carbocycles. The van der Waals surface area contributed by atoms with Gasteiger partial charge in [0.2, 0.25) is 21.8 Å². The number of halogens is 1. The van der Waals surface area contributed by atoms with Crippen molar-refractivity contribution in [2.45, 2.75) is 57.6 Å². The lowest BCUT2D eigenvalue weighted by Crippen LogP contribution is -2.52. The summed E-state index contributed by atoms with van der Waals surface area (Å²) in [5.41, 5.74) is 1.60. The molecular formula is C24H32ClN3O4S. The molecule has 0 aromatic heterocycles. The Morgan fingerprint density at radius 3 is 2.21 bits per heavy atom. The van der Waals surface area contributed by atoms with Crippen molar-refractivity contribution in [2.24, 2.45) is 0 Å². The van der Waals surface area contributed by atoms with Gasteiger partial charge in [-0.05, 0) is 51.0 Å². The number of hydrogen-bond acceptors (Lipinski definition) is 4. The molecule has 33 heavy (non-hydrogen) atoms. The molecule has 0 aliphatic heterocycles. The van der Waals surface area contributed by atoms with Gasteiger partial charge in [-0.2, -0.15) is 4.31 Å². The molecule has 0 radical (unpaired) electrons. The molecule has 0 aliphatic rings. The van der Waals surface area contributed by atoms with E-state index in [1.54, 1.807) is 36.4 Å². The minimum atomic E-state index is -3.88. The molecule has 1 atom stereocenters. The molecule has 0 bridgehead atoms. The van der Waals surface area contributed by atoms with Crippen molar-refractivity contribution in [2.75, 3.05) is 13.6 Å². The zero-order valence-electron chi connectivity index (χ0n) is 19.7. The van der Waals surface area contributed by atoms with Crippen LogP contribution in [0.5, 0.6) is 0 Å². The molecule has 0 saturated heterocycles. The van der Waals surface area contributed by atoms with Crippen molar-refractivity contribution in [3.63, 3.8) is 0 Å². The monoisotopic (exact) mass is 493 g/mol. The van der Waals surface area contributed by atoms with E-state index >= 15 is 0 Å². The number of benzene rings is 2. The zero-order valence-corrected chi connectivity index (χ0v) is 21.3. The highest BCUT2D eigenvalue weighted by Gasteiger charge is 2.32. The lowest BCUT2D eigenvalue weighted by Gasteiger charge is -2.32. The Bertz CT molecular complexity index is 1070. The predicted octanol–water partition coefficient (Wildman–Crippen LogP) is 3.60. The lowest BCUT2D eigenvalue weighted by atomic mass is 10.1. The van der Waals surface area contributed by atoms with Crippen molar-refractivity contribution in [1.82, 2.24) is 14.5 Å². The second kappa shape index (κ2) is 11.6. The van der Waals surface area contributed by atoms with Crippen LogP contribution in [0.3, 0.4) is 0 Å². The van der Waals surface area contributed by atoms with Gasteiger partial charge in [0.25, 0.3) is 0 Å². The summed E-state index contributed by atoms with van der Waals surface area (Å²) in [5, 5.41) is 3.31. The van der Waals surface area contributed by atoms with Gasteiger partial charge in [-0.1, -0.05) is 54.4 Å². The zero-order chi connectivity index (χ0) is 24.8. The Balaban J connectivity index is 2.34. The summed E-state index contributed by atoms with van der Waals surface area (Å²) >= 11 is 6.31. The highest BCUT2D eigenvalue weighted by Crippen LogP contribution is 2.21. The fourth-order valence-corrected chi connectivity index (χ4v) is 4.68. The van der Waals surface area contributed by atoms with Crippen LogP contribution in [0.2, 0.25) is 5.02 Å². The number of rotatable bonds is 10. The van der Waals surface area contributed by atoms with Gasteiger partial charge in [0.15, 0.2) is 0 Å². The highest BCUT2D eigenvalue weighted by atomic mass is 35.5. The van der Waals surface area contributed by atoms with Crippen LogP contribution in [0.4, 0.5) is 0 Å². The number of aryl methyl sites for hydroxylation is 1. The number of amides is 2. The average Bonchev–Trinajstić information content (AvgIpc) is 2.74. The maximum atomic E-state index is 13.4. The first kappa shape index (κ1) is 26.8. The quantitative estimate of drug-likeness (QED) is 0.547. The van der Waals surface area contributed by atoms with Gasteiger partial charge in [0, 0.05) is 24.7 Å². The molecule has 180 valence electrons. The fraction of sp³-hybridized carbons (Fsp3) is 0.417. The Labute approximate surface area is 201 Å². The van der Waals surface area contributed by atoms with Crippen LogP contribution in [0, 0.1) is 6.92 Å². The maximum absolute atomic E-state index is 13.4. The van der Waals surface area contributed by atoms with Gasteiger partial charge in [0.05, 0.1) is 11.4 Å². The van der Waals surface area contributed by atoms with E-state index in [9.17, 15) is 18.0 Å². The summed E-state index contributed by atoms with van der Waals surface area (Å²) in [5.74, 6) is -0.782. The first-order valence-electron chi connectivity index (χ1n) is 10.8. The second-order valence-corrected chi connectivity index (χ2v) is 10.7. The van der Waals surface area contributed by atoms with E-state index in [-0.39, 0.29) is 23.4 Å². The smallest absolute Gasteiger partial charge is 0.243 e. The lowest BCUT2D eigenvalue weighted by molar-refractivity contribution is -0.141. The Hall–Kier alpha value is -2.42. The van der Waals surface area contributed by atoms with E-state index in [1.807, 2.05) is 27.7 Å². The van der Waals surface area contributed by atoms with Gasteiger partial charge in [-0.3, -0.25) is 9.59 Å². The van der Waals surface area contributed by atoms with E-state index in [1.165, 1.54) is 24.1 Å². The Morgan fingerprint density at radius 2 is 1.67 bits per heavy atom. The molecule has 2 aromatic rings. The topological polar surface area (TPSA) is 86.8 Å². The highest BCUT2D eigenvalue weighted by molar-refractivity contribution is 7.89. The summed E-state index contributed by atoms with van der Waals surface area (Å²) in [6.45, 7) is 7.03. The number of carbonyl (C=O) groups is 2. The van der Waals surface area contributed by atoms with Crippen molar-refractivity contribution in [1.29, 1.82) is 0 Å². The van der Waals surface area contributed by atoms with Crippen LogP contribution >= 0.6 is 11.6 Å². The van der Waals surface area contributed by atoms with E-state index < -0.39 is 28.5 Å². The molecule has 9 heteroatoms. The number of nitrogens with zero attached hydrogens (tertiary/aromatic N) is 2. The molecule has 0 spiro atoms. The van der Waals surface area contributed by atoms with E-state index in [4.69, 9.17) is 11.6 Å². The van der Waals surface area contributed by atoms with Gasteiger partial charge in [0.1, 0.15) is 6.04 Å². The predicted molar refractivity (Wildman–Crippen MR) is 130 cm³/mol. The number of sulfonamides is 1. The molecule has 2 aromatic carbocycles. The third kappa shape index (κ3) is 7.03. The third-order valence-corrected chi connectivity index (χ3v) is 7.39. The average molecular weight is 494 g/mol. The van der Waals surface area contributed by atoms with Crippen LogP contribution < -0.4 is 5.32 Å². The van der Waals surface area contributed by atoms with Gasteiger partial charge < -0.3 is 10.2 Å².